The lowest BCUT2D eigenvalue weighted by molar-refractivity contribution is 0.222. The van der Waals surface area contributed by atoms with Crippen LogP contribution in [0.15, 0.2) is 65.4 Å². The van der Waals surface area contributed by atoms with E-state index in [1.54, 1.807) is 18.3 Å². The summed E-state index contributed by atoms with van der Waals surface area (Å²) in [6, 6.07) is 13.4. The summed E-state index contributed by atoms with van der Waals surface area (Å²) in [5, 5.41) is 4.03. The number of hydrogen-bond acceptors (Lipinski definition) is 8. The number of fused-ring (bicyclic) bond motifs is 1. The Labute approximate surface area is 186 Å². The van der Waals surface area contributed by atoms with Crippen molar-refractivity contribution in [3.8, 4) is 5.75 Å². The number of nitrogens with zero attached hydrogens (tertiary/aromatic N) is 4. The van der Waals surface area contributed by atoms with Crippen molar-refractivity contribution >= 4 is 38.7 Å². The summed E-state index contributed by atoms with van der Waals surface area (Å²) in [5.41, 5.74) is 3.38. The number of anilines is 2. The third kappa shape index (κ3) is 4.83. The van der Waals surface area contributed by atoms with E-state index in [-0.39, 0.29) is 6.10 Å². The molecule has 2 aromatic carbocycles. The summed E-state index contributed by atoms with van der Waals surface area (Å²) in [6.07, 6.45) is 4.23. The van der Waals surface area contributed by atoms with Gasteiger partial charge in [0.15, 0.2) is 0 Å². The molecule has 0 radical (unpaired) electrons. The van der Waals surface area contributed by atoms with Gasteiger partial charge in [0.2, 0.25) is 0 Å². The highest BCUT2D eigenvalue weighted by Gasteiger charge is 2.15. The van der Waals surface area contributed by atoms with Gasteiger partial charge < -0.3 is 18.6 Å². The molecule has 0 aliphatic carbocycles. The first-order valence-electron chi connectivity index (χ1n) is 9.85. The van der Waals surface area contributed by atoms with Crippen molar-refractivity contribution in [2.45, 2.75) is 20.0 Å². The van der Waals surface area contributed by atoms with Crippen LogP contribution in [-0.4, -0.2) is 21.2 Å². The van der Waals surface area contributed by atoms with Crippen LogP contribution in [0.5, 0.6) is 5.75 Å². The second-order valence-electron chi connectivity index (χ2n) is 7.17. The lowest BCUT2D eigenvalue weighted by Gasteiger charge is -2.18. The molecule has 2 heterocycles. The van der Waals surface area contributed by atoms with Crippen LogP contribution in [0.25, 0.3) is 10.9 Å². The molecule has 1 N–H and O–H groups in total. The summed E-state index contributed by atoms with van der Waals surface area (Å²) >= 11 is 0. The summed E-state index contributed by atoms with van der Waals surface area (Å²) in [7, 11) is -1.32. The first-order chi connectivity index (χ1) is 15.4. The molecule has 0 bridgehead atoms. The molecule has 0 spiro atoms. The maximum absolute atomic E-state index is 14.0. The highest BCUT2D eigenvalue weighted by atomic mass is 32.2. The van der Waals surface area contributed by atoms with Gasteiger partial charge in [0, 0.05) is 23.3 Å². The van der Waals surface area contributed by atoms with Crippen LogP contribution in [0, 0.1) is 12.7 Å². The first-order valence-corrected chi connectivity index (χ1v) is 11.4. The molecule has 9 heteroatoms. The number of nitrogens with one attached hydrogen (secondary N) is 1. The van der Waals surface area contributed by atoms with Gasteiger partial charge in [-0.05, 0) is 55.8 Å². The van der Waals surface area contributed by atoms with Crippen LogP contribution < -0.4 is 10.1 Å². The Hall–Kier alpha value is -3.59. The van der Waals surface area contributed by atoms with Crippen molar-refractivity contribution < 1.29 is 13.3 Å². The fourth-order valence-electron chi connectivity index (χ4n) is 3.36. The maximum atomic E-state index is 14.0. The van der Waals surface area contributed by atoms with Crippen LogP contribution in [0.2, 0.25) is 0 Å². The molecule has 2 aromatic heterocycles. The number of aryl methyl sites for hydroxylation is 1. The smallest absolute Gasteiger partial charge is 0.146 e. The Morgan fingerprint density at radius 1 is 1.12 bits per heavy atom. The van der Waals surface area contributed by atoms with Gasteiger partial charge in [-0.1, -0.05) is 6.07 Å². The maximum Gasteiger partial charge on any atom is 0.146 e. The molecule has 0 saturated carbocycles. The predicted octanol–water partition coefficient (Wildman–Crippen LogP) is 5.76. The lowest BCUT2D eigenvalue weighted by Crippen LogP contribution is -2.07. The monoisotopic (exact) mass is 450 g/mol. The van der Waals surface area contributed by atoms with Crippen molar-refractivity contribution in [2.24, 2.45) is 4.36 Å². The standard InChI is InChI=1S/C23H21FN5O2S/c1-14-10-17(29-32(3)30)12-20-22(14)23(27-13-26-20)28-19-8-7-16(24)11-21(19)31-15(2)18-6-4-5-9-25-18/h4-13,15H,1-3H3,(H,26,27,28)/q-1. The number of halogens is 1. The Kier molecular flexibility index (Phi) is 6.27. The van der Waals surface area contributed by atoms with Gasteiger partial charge in [-0.25, -0.2) is 14.4 Å². The fraction of sp³-hybridized carbons (Fsp3) is 0.174. The number of benzene rings is 2. The van der Waals surface area contributed by atoms with E-state index in [0.717, 1.165) is 16.6 Å². The summed E-state index contributed by atoms with van der Waals surface area (Å²) in [4.78, 5) is 13.0. The highest BCUT2D eigenvalue weighted by molar-refractivity contribution is 7.74. The van der Waals surface area contributed by atoms with E-state index in [9.17, 15) is 8.60 Å². The molecule has 1 unspecified atom stereocenters. The van der Waals surface area contributed by atoms with Crippen LogP contribution in [0.4, 0.5) is 21.6 Å². The molecule has 32 heavy (non-hydrogen) atoms. The van der Waals surface area contributed by atoms with Gasteiger partial charge in [-0.2, -0.15) is 10.6 Å². The minimum absolute atomic E-state index is 0.334. The van der Waals surface area contributed by atoms with E-state index in [1.807, 2.05) is 38.1 Å². The normalized spacial score (nSPS) is 13.1. The summed E-state index contributed by atoms with van der Waals surface area (Å²) in [6.45, 7) is 3.75. The largest absolute Gasteiger partial charge is 0.482 e. The molecular weight excluding hydrogens is 429 g/mol. The molecule has 7 nitrogen and oxygen atoms in total. The zero-order valence-electron chi connectivity index (χ0n) is 17.7. The molecule has 4 rings (SSSR count). The third-order valence-corrected chi connectivity index (χ3v) is 5.23. The average Bonchev–Trinajstić information content (AvgIpc) is 2.75. The van der Waals surface area contributed by atoms with E-state index in [0.29, 0.717) is 28.5 Å². The summed E-state index contributed by atoms with van der Waals surface area (Å²) in [5.74, 6) is 0.459. The van der Waals surface area contributed by atoms with Crippen molar-refractivity contribution in [3.05, 3.63) is 78.1 Å². The van der Waals surface area contributed by atoms with E-state index in [4.69, 9.17) is 4.74 Å². The molecule has 0 amide bonds. The van der Waals surface area contributed by atoms with Gasteiger partial charge >= 0.3 is 0 Å². The molecule has 1 atom stereocenters. The van der Waals surface area contributed by atoms with E-state index in [1.165, 1.54) is 24.7 Å². The number of hydrogen-bond donors (Lipinski definition) is 1. The van der Waals surface area contributed by atoms with Crippen LogP contribution in [0.3, 0.4) is 0 Å². The van der Waals surface area contributed by atoms with E-state index >= 15 is 0 Å². The zero-order valence-corrected chi connectivity index (χ0v) is 18.6. The zero-order chi connectivity index (χ0) is 22.7. The van der Waals surface area contributed by atoms with Crippen molar-refractivity contribution in [3.63, 3.8) is 0 Å². The topological polar surface area (TPSA) is 89.4 Å². The van der Waals surface area contributed by atoms with Gasteiger partial charge in [-0.3, -0.25) is 4.98 Å². The number of ether oxygens (including phenoxy) is 1. The summed E-state index contributed by atoms with van der Waals surface area (Å²) < 4.78 is 35.6. The van der Waals surface area contributed by atoms with Gasteiger partial charge in [0.05, 0.1) is 16.9 Å². The number of rotatable bonds is 6. The predicted molar refractivity (Wildman–Crippen MR) is 123 cm³/mol. The second-order valence-corrected chi connectivity index (χ2v) is 8.20. The average molecular weight is 451 g/mol. The molecular formula is C23H21FN5O2S-. The molecule has 4 aromatic rings. The Bertz CT molecular complexity index is 1360. The molecule has 0 aliphatic rings. The first kappa shape index (κ1) is 21.6. The van der Waals surface area contributed by atoms with Crippen molar-refractivity contribution in [2.75, 3.05) is 11.6 Å². The molecule has 0 saturated heterocycles. The van der Waals surface area contributed by atoms with Crippen LogP contribution in [-0.2, 0) is 14.8 Å². The van der Waals surface area contributed by atoms with Crippen molar-refractivity contribution in [1.29, 1.82) is 0 Å². The van der Waals surface area contributed by atoms with E-state index in [2.05, 4.69) is 24.6 Å². The van der Waals surface area contributed by atoms with Gasteiger partial charge in [0.25, 0.3) is 0 Å². The van der Waals surface area contributed by atoms with Crippen LogP contribution >= 0.6 is 0 Å². The minimum Gasteiger partial charge on any atom is -0.482 e. The number of aromatic nitrogens is 3. The molecule has 0 aliphatic heterocycles. The molecule has 0 fully saturated rings. The number of pyridine rings is 1. The SMILES string of the molecule is Cc1cc(N=[S-](C)=O)cc2ncnc(Nc3ccc(F)cc3OC(C)c3ccccn3)c12. The highest BCUT2D eigenvalue weighted by Crippen LogP contribution is 2.35. The molecule has 164 valence electrons. The Balaban J connectivity index is 1.72. The van der Waals surface area contributed by atoms with Crippen LogP contribution in [0.1, 0.15) is 24.3 Å². The third-order valence-electron chi connectivity index (χ3n) is 4.76. The lowest BCUT2D eigenvalue weighted by atomic mass is 10.1. The van der Waals surface area contributed by atoms with Crippen molar-refractivity contribution in [1.82, 2.24) is 15.0 Å². The quantitative estimate of drug-likeness (QED) is 0.376. The Morgan fingerprint density at radius 3 is 2.72 bits per heavy atom. The van der Waals surface area contributed by atoms with Gasteiger partial charge in [0.1, 0.15) is 29.8 Å². The second kappa shape index (κ2) is 9.27. The van der Waals surface area contributed by atoms with E-state index < -0.39 is 16.4 Å². The fourth-order valence-corrected chi connectivity index (χ4v) is 3.76. The Morgan fingerprint density at radius 2 is 1.97 bits per heavy atom. The minimum atomic E-state index is -1.32. The van der Waals surface area contributed by atoms with Gasteiger partial charge in [-0.15, -0.1) is 6.26 Å².